The van der Waals surface area contributed by atoms with Crippen LogP contribution in [0.3, 0.4) is 0 Å². The van der Waals surface area contributed by atoms with Crippen molar-refractivity contribution in [3.8, 4) is 0 Å². The van der Waals surface area contributed by atoms with E-state index in [9.17, 15) is 9.59 Å². The maximum absolute atomic E-state index is 11.9. The number of nitrogens with one attached hydrogen (secondary N) is 1. The van der Waals surface area contributed by atoms with Crippen molar-refractivity contribution in [2.24, 2.45) is 11.1 Å². The zero-order chi connectivity index (χ0) is 13.8. The topological polar surface area (TPSA) is 102 Å². The molecule has 4 N–H and O–H groups in total. The highest BCUT2D eigenvalue weighted by atomic mass is 16.5. The molecule has 1 heterocycles. The highest BCUT2D eigenvalue weighted by molar-refractivity contribution is 5.82. The summed E-state index contributed by atoms with van der Waals surface area (Å²) in [6, 6.07) is 0. The maximum atomic E-state index is 11.9. The Morgan fingerprint density at radius 3 is 2.61 bits per heavy atom. The fourth-order valence-electron chi connectivity index (χ4n) is 1.86. The van der Waals surface area contributed by atoms with E-state index in [0.29, 0.717) is 32.4 Å². The molecular weight excluding hydrogens is 236 g/mol. The van der Waals surface area contributed by atoms with Gasteiger partial charge in [-0.3, -0.25) is 4.79 Å². The Balaban J connectivity index is 2.38. The fraction of sp³-hybridized carbons (Fsp3) is 0.833. The number of amides is 1. The largest absolute Gasteiger partial charge is 0.479 e. The predicted molar refractivity (Wildman–Crippen MR) is 66.0 cm³/mol. The van der Waals surface area contributed by atoms with Crippen LogP contribution in [-0.2, 0) is 14.3 Å². The van der Waals surface area contributed by atoms with Crippen molar-refractivity contribution in [2.75, 3.05) is 13.1 Å². The number of hydrogen-bond donors (Lipinski definition) is 3. The molecule has 104 valence electrons. The highest BCUT2D eigenvalue weighted by Gasteiger charge is 2.33. The molecule has 0 saturated carbocycles. The Bertz CT molecular complexity index is 315. The van der Waals surface area contributed by atoms with Gasteiger partial charge in [-0.25, -0.2) is 4.79 Å². The lowest BCUT2D eigenvalue weighted by Gasteiger charge is -2.25. The average Bonchev–Trinajstić information content (AvgIpc) is 2.83. The van der Waals surface area contributed by atoms with Crippen LogP contribution in [0.5, 0.6) is 0 Å². The molecule has 1 fully saturated rings. The van der Waals surface area contributed by atoms with E-state index in [1.54, 1.807) is 0 Å². The third-order valence-corrected chi connectivity index (χ3v) is 3.65. The lowest BCUT2D eigenvalue weighted by molar-refractivity contribution is -0.149. The Kier molecular flexibility index (Phi) is 5.10. The number of rotatable bonds is 6. The molecule has 1 amide bonds. The summed E-state index contributed by atoms with van der Waals surface area (Å²) >= 11 is 0. The van der Waals surface area contributed by atoms with Gasteiger partial charge in [-0.05, 0) is 26.2 Å². The summed E-state index contributed by atoms with van der Waals surface area (Å²) in [7, 11) is 0. The van der Waals surface area contributed by atoms with E-state index in [0.717, 1.165) is 0 Å². The molecule has 3 unspecified atom stereocenters. The zero-order valence-corrected chi connectivity index (χ0v) is 10.9. The van der Waals surface area contributed by atoms with E-state index in [4.69, 9.17) is 15.6 Å². The summed E-state index contributed by atoms with van der Waals surface area (Å²) in [4.78, 5) is 22.6. The molecule has 18 heavy (non-hydrogen) atoms. The molecule has 0 bridgehead atoms. The monoisotopic (exact) mass is 258 g/mol. The molecule has 0 spiro atoms. The molecule has 0 aliphatic carbocycles. The average molecular weight is 258 g/mol. The van der Waals surface area contributed by atoms with Crippen LogP contribution in [0.25, 0.3) is 0 Å². The Morgan fingerprint density at radius 2 is 2.17 bits per heavy atom. The van der Waals surface area contributed by atoms with Gasteiger partial charge in [0, 0.05) is 13.1 Å². The number of carboxylic acids is 1. The Morgan fingerprint density at radius 1 is 1.50 bits per heavy atom. The first-order valence-corrected chi connectivity index (χ1v) is 6.29. The van der Waals surface area contributed by atoms with Crippen LogP contribution in [0.2, 0.25) is 0 Å². The SMILES string of the molecule is CCC(C)(CN)C(=O)NCC1CCC(C(=O)O)O1. The molecule has 1 rings (SSSR count). The third kappa shape index (κ3) is 3.43. The number of hydrogen-bond acceptors (Lipinski definition) is 4. The molecule has 6 nitrogen and oxygen atoms in total. The number of carboxylic acid groups (broad SMARTS) is 1. The normalized spacial score (nSPS) is 26.6. The van der Waals surface area contributed by atoms with Gasteiger partial charge in [0.1, 0.15) is 0 Å². The van der Waals surface area contributed by atoms with E-state index >= 15 is 0 Å². The van der Waals surface area contributed by atoms with Gasteiger partial charge in [-0.2, -0.15) is 0 Å². The lowest BCUT2D eigenvalue weighted by atomic mass is 9.86. The van der Waals surface area contributed by atoms with E-state index in [-0.39, 0.29) is 12.0 Å². The molecule has 1 aliphatic heterocycles. The van der Waals surface area contributed by atoms with E-state index in [2.05, 4.69) is 5.32 Å². The van der Waals surface area contributed by atoms with E-state index in [1.165, 1.54) is 0 Å². The van der Waals surface area contributed by atoms with Crippen LogP contribution < -0.4 is 11.1 Å². The first-order valence-electron chi connectivity index (χ1n) is 6.29. The first kappa shape index (κ1) is 14.9. The molecule has 0 aromatic carbocycles. The Labute approximate surface area is 107 Å². The number of carbonyl (C=O) groups is 2. The smallest absolute Gasteiger partial charge is 0.332 e. The van der Waals surface area contributed by atoms with Crippen molar-refractivity contribution in [2.45, 2.75) is 45.3 Å². The van der Waals surface area contributed by atoms with Crippen LogP contribution in [0, 0.1) is 5.41 Å². The quantitative estimate of drug-likeness (QED) is 0.627. The summed E-state index contributed by atoms with van der Waals surface area (Å²) in [5, 5.41) is 11.6. The number of ether oxygens (including phenoxy) is 1. The van der Waals surface area contributed by atoms with Crippen molar-refractivity contribution in [1.82, 2.24) is 5.32 Å². The second-order valence-electron chi connectivity index (χ2n) is 4.99. The standard InChI is InChI=1S/C12H22N2O4/c1-3-12(2,7-13)11(17)14-6-8-4-5-9(18-8)10(15)16/h8-9H,3-7,13H2,1-2H3,(H,14,17)(H,15,16). The minimum Gasteiger partial charge on any atom is -0.479 e. The molecule has 3 atom stereocenters. The second-order valence-corrected chi connectivity index (χ2v) is 4.99. The molecule has 1 aliphatic rings. The number of aliphatic carboxylic acids is 1. The van der Waals surface area contributed by atoms with E-state index in [1.807, 2.05) is 13.8 Å². The van der Waals surface area contributed by atoms with Gasteiger partial charge in [-0.1, -0.05) is 6.92 Å². The van der Waals surface area contributed by atoms with Gasteiger partial charge in [0.2, 0.25) is 5.91 Å². The summed E-state index contributed by atoms with van der Waals surface area (Å²) < 4.78 is 5.31. The van der Waals surface area contributed by atoms with Gasteiger partial charge < -0.3 is 20.9 Å². The van der Waals surface area contributed by atoms with Crippen molar-refractivity contribution in [1.29, 1.82) is 0 Å². The summed E-state index contributed by atoms with van der Waals surface area (Å²) in [5.41, 5.74) is 5.03. The molecule has 0 aromatic heterocycles. The Hall–Kier alpha value is -1.14. The van der Waals surface area contributed by atoms with Crippen molar-refractivity contribution in [3.63, 3.8) is 0 Å². The van der Waals surface area contributed by atoms with Crippen LogP contribution in [0.15, 0.2) is 0 Å². The van der Waals surface area contributed by atoms with Gasteiger partial charge in [0.15, 0.2) is 6.10 Å². The molecule has 1 saturated heterocycles. The van der Waals surface area contributed by atoms with Gasteiger partial charge >= 0.3 is 5.97 Å². The van der Waals surface area contributed by atoms with Crippen molar-refractivity contribution in [3.05, 3.63) is 0 Å². The van der Waals surface area contributed by atoms with Crippen LogP contribution >= 0.6 is 0 Å². The highest BCUT2D eigenvalue weighted by Crippen LogP contribution is 2.21. The third-order valence-electron chi connectivity index (χ3n) is 3.65. The summed E-state index contributed by atoms with van der Waals surface area (Å²) in [6.45, 7) is 4.37. The molecule has 0 aromatic rings. The van der Waals surface area contributed by atoms with Crippen molar-refractivity contribution < 1.29 is 19.4 Å². The summed E-state index contributed by atoms with van der Waals surface area (Å²) in [5.74, 6) is -1.04. The van der Waals surface area contributed by atoms with Crippen LogP contribution in [0.4, 0.5) is 0 Å². The van der Waals surface area contributed by atoms with Crippen LogP contribution in [0.1, 0.15) is 33.1 Å². The van der Waals surface area contributed by atoms with Crippen molar-refractivity contribution >= 4 is 11.9 Å². The zero-order valence-electron chi connectivity index (χ0n) is 10.9. The molecule has 6 heteroatoms. The number of carbonyl (C=O) groups excluding carboxylic acids is 1. The minimum absolute atomic E-state index is 0.102. The first-order chi connectivity index (χ1) is 8.42. The fourth-order valence-corrected chi connectivity index (χ4v) is 1.86. The second kappa shape index (κ2) is 6.15. The van der Waals surface area contributed by atoms with Gasteiger partial charge in [0.05, 0.1) is 11.5 Å². The van der Waals surface area contributed by atoms with E-state index < -0.39 is 17.5 Å². The molecule has 0 radical (unpaired) electrons. The van der Waals surface area contributed by atoms with Gasteiger partial charge in [-0.15, -0.1) is 0 Å². The minimum atomic E-state index is -0.941. The van der Waals surface area contributed by atoms with Gasteiger partial charge in [0.25, 0.3) is 0 Å². The summed E-state index contributed by atoms with van der Waals surface area (Å²) in [6.07, 6.45) is 0.868. The predicted octanol–water partition coefficient (Wildman–Crippen LogP) is 0.110. The maximum Gasteiger partial charge on any atom is 0.332 e. The molecular formula is C12H22N2O4. The number of nitrogens with two attached hydrogens (primary N) is 1. The van der Waals surface area contributed by atoms with Crippen LogP contribution in [-0.4, -0.2) is 42.3 Å². The lowest BCUT2D eigenvalue weighted by Crippen LogP contribution is -2.45.